The fourth-order valence-corrected chi connectivity index (χ4v) is 6.21. The van der Waals surface area contributed by atoms with Crippen LogP contribution in [0.5, 0.6) is 0 Å². The van der Waals surface area contributed by atoms with Gasteiger partial charge in [-0.1, -0.05) is 19.1 Å². The number of halogens is 2. The highest BCUT2D eigenvalue weighted by atomic mass is 19.3. The van der Waals surface area contributed by atoms with Gasteiger partial charge in [-0.2, -0.15) is 0 Å². The zero-order chi connectivity index (χ0) is 28.5. The Kier molecular flexibility index (Phi) is 8.40. The number of nitrogens with zero attached hydrogens (tertiary/aromatic N) is 4. The Balaban J connectivity index is 1.49. The molecule has 2 saturated heterocycles. The summed E-state index contributed by atoms with van der Waals surface area (Å²) in [5.74, 6) is -2.51. The number of hydrogen-bond donors (Lipinski definition) is 2. The molecule has 2 aliphatic heterocycles. The quantitative estimate of drug-likeness (QED) is 0.373. The van der Waals surface area contributed by atoms with E-state index in [9.17, 15) is 18.7 Å². The fraction of sp³-hybridized carbons (Fsp3) is 0.633. The monoisotopic (exact) mass is 557 g/mol. The second kappa shape index (κ2) is 11.7. The van der Waals surface area contributed by atoms with E-state index in [1.54, 1.807) is 4.57 Å². The first kappa shape index (κ1) is 28.8. The fourth-order valence-electron chi connectivity index (χ4n) is 6.21. The molecule has 1 aromatic heterocycles. The van der Waals surface area contributed by atoms with E-state index in [2.05, 4.69) is 33.0 Å². The van der Waals surface area contributed by atoms with Gasteiger partial charge in [0.25, 0.3) is 11.5 Å². The lowest BCUT2D eigenvalue weighted by atomic mass is 9.77. The average Bonchev–Trinajstić information content (AvgIpc) is 2.94. The van der Waals surface area contributed by atoms with E-state index in [0.717, 1.165) is 62.2 Å². The predicted octanol–water partition coefficient (Wildman–Crippen LogP) is 4.91. The number of pyridine rings is 1. The first-order chi connectivity index (χ1) is 19.1. The number of aliphatic imine (C=N–C) groups is 2. The van der Waals surface area contributed by atoms with E-state index in [1.807, 2.05) is 19.1 Å². The Hall–Kier alpha value is -2.69. The number of anilines is 1. The van der Waals surface area contributed by atoms with Gasteiger partial charge in [-0.25, -0.2) is 18.8 Å². The van der Waals surface area contributed by atoms with Gasteiger partial charge in [0.05, 0.1) is 19.3 Å². The van der Waals surface area contributed by atoms with Crippen molar-refractivity contribution < 1.29 is 18.6 Å². The Morgan fingerprint density at radius 3 is 2.50 bits per heavy atom. The number of piperidine rings is 1. The van der Waals surface area contributed by atoms with Gasteiger partial charge < -0.3 is 15.2 Å². The highest BCUT2D eigenvalue weighted by molar-refractivity contribution is 5.99. The lowest BCUT2D eigenvalue weighted by Gasteiger charge is -2.47. The Labute approximate surface area is 234 Å². The van der Waals surface area contributed by atoms with Gasteiger partial charge in [0.15, 0.2) is 0 Å². The third-order valence-corrected chi connectivity index (χ3v) is 9.06. The van der Waals surface area contributed by atoms with Gasteiger partial charge in [0.1, 0.15) is 12.4 Å². The maximum absolute atomic E-state index is 14.1. The van der Waals surface area contributed by atoms with Crippen molar-refractivity contribution in [2.24, 2.45) is 15.4 Å². The zero-order valence-corrected chi connectivity index (χ0v) is 23.6. The number of nitrogens with one attached hydrogen (secondary N) is 1. The van der Waals surface area contributed by atoms with Crippen LogP contribution in [0.2, 0.25) is 0 Å². The summed E-state index contributed by atoms with van der Waals surface area (Å²) in [6.45, 7) is 10.7. The van der Waals surface area contributed by atoms with Crippen molar-refractivity contribution in [2.45, 2.75) is 83.4 Å². The molecular weight excluding hydrogens is 516 g/mol. The van der Waals surface area contributed by atoms with Crippen LogP contribution in [0.4, 0.5) is 14.6 Å². The Morgan fingerprint density at radius 2 is 1.90 bits per heavy atom. The molecule has 2 N–H and O–H groups in total. The molecule has 1 saturated carbocycles. The standard InChI is InChI=1S/C30H41F2N5O3/c1-4-30(31,32)17-34-28(33-3)35-26-20(2)24-10-5-21(16-36-13-11-29(12-14-36)18-40-19-29)15-25(24)27(39)37(26)22-6-8-23(38)9-7-22/h5,10,15,22-23,38H,3-4,6-9,11-14,16-19H2,1-2H3,(H,34,35). The van der Waals surface area contributed by atoms with Crippen molar-refractivity contribution >= 4 is 29.3 Å². The molecule has 0 unspecified atom stereocenters. The van der Waals surface area contributed by atoms with E-state index in [4.69, 9.17) is 4.74 Å². The number of ether oxygens (including phenoxy) is 1. The average molecular weight is 558 g/mol. The van der Waals surface area contributed by atoms with Crippen molar-refractivity contribution in [3.05, 3.63) is 39.7 Å². The number of aliphatic hydroxyl groups is 1. The minimum absolute atomic E-state index is 0.0454. The molecule has 2 aromatic rings. The van der Waals surface area contributed by atoms with Gasteiger partial charge in [-0.15, -0.1) is 0 Å². The molecular formula is C30H41F2N5O3. The lowest BCUT2D eigenvalue weighted by Crippen LogP contribution is -2.50. The van der Waals surface area contributed by atoms with Crippen LogP contribution in [0.25, 0.3) is 10.8 Å². The minimum atomic E-state index is -2.95. The number of aromatic nitrogens is 1. The van der Waals surface area contributed by atoms with Crippen molar-refractivity contribution in [1.82, 2.24) is 9.47 Å². The molecule has 5 rings (SSSR count). The number of guanidine groups is 1. The molecule has 8 nitrogen and oxygen atoms in total. The molecule has 218 valence electrons. The van der Waals surface area contributed by atoms with Gasteiger partial charge >= 0.3 is 0 Å². The van der Waals surface area contributed by atoms with Crippen LogP contribution < -0.4 is 10.9 Å². The van der Waals surface area contributed by atoms with Crippen LogP contribution in [0.15, 0.2) is 33.0 Å². The van der Waals surface area contributed by atoms with Crippen LogP contribution >= 0.6 is 0 Å². The summed E-state index contributed by atoms with van der Waals surface area (Å²) in [4.78, 5) is 24.4. The van der Waals surface area contributed by atoms with Crippen molar-refractivity contribution in [3.63, 3.8) is 0 Å². The molecule has 40 heavy (non-hydrogen) atoms. The molecule has 1 aromatic carbocycles. The SMILES string of the molecule is C=NC(=NCC(F)(F)CC)Nc1c(C)c2ccc(CN3CCC4(CC3)COC4)cc2c(=O)n1C1CCC(O)CC1. The van der Waals surface area contributed by atoms with E-state index in [-0.39, 0.29) is 30.1 Å². The first-order valence-corrected chi connectivity index (χ1v) is 14.5. The van der Waals surface area contributed by atoms with E-state index in [1.165, 1.54) is 6.92 Å². The number of likely N-dealkylation sites (tertiary alicyclic amines) is 1. The maximum atomic E-state index is 14.1. The minimum Gasteiger partial charge on any atom is -0.393 e. The molecule has 1 aliphatic carbocycles. The Morgan fingerprint density at radius 1 is 1.20 bits per heavy atom. The molecule has 0 bridgehead atoms. The van der Waals surface area contributed by atoms with Crippen molar-refractivity contribution in [2.75, 3.05) is 38.2 Å². The summed E-state index contributed by atoms with van der Waals surface area (Å²) < 4.78 is 35.0. The second-order valence-electron chi connectivity index (χ2n) is 11.9. The van der Waals surface area contributed by atoms with Gasteiger partial charge in [0.2, 0.25) is 5.96 Å². The second-order valence-corrected chi connectivity index (χ2v) is 11.9. The number of aliphatic hydroxyl groups excluding tert-OH is 1. The highest BCUT2D eigenvalue weighted by Crippen LogP contribution is 2.39. The van der Waals surface area contributed by atoms with Crippen molar-refractivity contribution in [3.8, 4) is 0 Å². The normalized spacial score (nSPS) is 23.8. The molecule has 0 amide bonds. The lowest BCUT2D eigenvalue weighted by molar-refractivity contribution is -0.140. The molecule has 3 heterocycles. The van der Waals surface area contributed by atoms with E-state index in [0.29, 0.717) is 42.3 Å². The number of aryl methyl sites for hydroxylation is 1. The first-order valence-electron chi connectivity index (χ1n) is 14.5. The Bertz CT molecular complexity index is 1320. The smallest absolute Gasteiger partial charge is 0.267 e. The van der Waals surface area contributed by atoms with Gasteiger partial charge in [0, 0.05) is 29.8 Å². The largest absolute Gasteiger partial charge is 0.393 e. The van der Waals surface area contributed by atoms with Gasteiger partial charge in [-0.05, 0) is 87.8 Å². The molecule has 3 aliphatic rings. The molecule has 0 radical (unpaired) electrons. The van der Waals surface area contributed by atoms with Crippen LogP contribution in [-0.2, 0) is 11.3 Å². The van der Waals surface area contributed by atoms with Crippen molar-refractivity contribution in [1.29, 1.82) is 0 Å². The predicted molar refractivity (Wildman–Crippen MR) is 155 cm³/mol. The number of alkyl halides is 2. The number of fused-ring (bicyclic) bond motifs is 1. The van der Waals surface area contributed by atoms with Crippen LogP contribution in [0.1, 0.15) is 69.0 Å². The summed E-state index contributed by atoms with van der Waals surface area (Å²) in [5, 5.41) is 14.6. The maximum Gasteiger partial charge on any atom is 0.267 e. The topological polar surface area (TPSA) is 91.5 Å². The zero-order valence-electron chi connectivity index (χ0n) is 23.6. The third kappa shape index (κ3) is 5.99. The summed E-state index contributed by atoms with van der Waals surface area (Å²) >= 11 is 0. The van der Waals surface area contributed by atoms with Gasteiger partial charge in [-0.3, -0.25) is 14.3 Å². The summed E-state index contributed by atoms with van der Waals surface area (Å²) in [6, 6.07) is 5.91. The van der Waals surface area contributed by atoms with Crippen LogP contribution in [-0.4, -0.2) is 72.1 Å². The summed E-state index contributed by atoms with van der Waals surface area (Å²) in [5.41, 5.74) is 2.14. The van der Waals surface area contributed by atoms with Crippen LogP contribution in [0, 0.1) is 12.3 Å². The van der Waals surface area contributed by atoms with E-state index >= 15 is 0 Å². The summed E-state index contributed by atoms with van der Waals surface area (Å²) in [6.07, 6.45) is 4.04. The molecule has 3 fully saturated rings. The number of rotatable bonds is 7. The molecule has 10 heteroatoms. The molecule has 1 spiro atoms. The van der Waals surface area contributed by atoms with E-state index < -0.39 is 12.5 Å². The number of hydrogen-bond acceptors (Lipinski definition) is 5. The highest BCUT2D eigenvalue weighted by Gasteiger charge is 2.41. The molecule has 0 atom stereocenters. The third-order valence-electron chi connectivity index (χ3n) is 9.06. The number of benzene rings is 1. The van der Waals surface area contributed by atoms with Crippen LogP contribution in [0.3, 0.4) is 0 Å². The summed E-state index contributed by atoms with van der Waals surface area (Å²) in [7, 11) is 0.